The van der Waals surface area contributed by atoms with Crippen LogP contribution in [0.3, 0.4) is 0 Å². The summed E-state index contributed by atoms with van der Waals surface area (Å²) in [6.07, 6.45) is 1.21. The molecule has 1 heterocycles. The summed E-state index contributed by atoms with van der Waals surface area (Å²) < 4.78 is 20.5. The minimum absolute atomic E-state index is 0.0520. The van der Waals surface area contributed by atoms with Crippen LogP contribution in [-0.2, 0) is 9.47 Å². The fourth-order valence-electron chi connectivity index (χ4n) is 2.08. The van der Waals surface area contributed by atoms with Gasteiger partial charge >= 0.3 is 11.9 Å². The van der Waals surface area contributed by atoms with Crippen LogP contribution >= 0.6 is 0 Å². The molecule has 0 aliphatic heterocycles. The Morgan fingerprint density at radius 3 is 2.17 bits per heavy atom. The molecule has 0 unspecified atom stereocenters. The van der Waals surface area contributed by atoms with E-state index in [2.05, 4.69) is 0 Å². The van der Waals surface area contributed by atoms with Crippen molar-refractivity contribution in [3.8, 4) is 17.1 Å². The first kappa shape index (κ1) is 16.6. The molecule has 0 N–H and O–H groups in total. The van der Waals surface area contributed by atoms with E-state index < -0.39 is 11.9 Å². The molecule has 0 radical (unpaired) electrons. The molecule has 0 fully saturated rings. The molecule has 0 atom stereocenters. The number of carbonyl (C=O) groups is 2. The van der Waals surface area contributed by atoms with Crippen molar-refractivity contribution >= 4 is 11.9 Å². The summed E-state index contributed by atoms with van der Waals surface area (Å²) in [7, 11) is 1.56. The number of methoxy groups -OCH3 is 1. The standard InChI is InChI=1S/C17H18O6/c1-4-21-16(18)13-10-23-15(14(13)17(19)22-5-2)11-6-8-12(20-3)9-7-11/h6-10H,4-5H2,1-3H3. The zero-order valence-corrected chi connectivity index (χ0v) is 13.3. The number of carbonyl (C=O) groups excluding carboxylic acids is 2. The first-order valence-corrected chi connectivity index (χ1v) is 7.22. The van der Waals surface area contributed by atoms with E-state index >= 15 is 0 Å². The van der Waals surface area contributed by atoms with E-state index in [0.717, 1.165) is 0 Å². The van der Waals surface area contributed by atoms with Gasteiger partial charge in [-0.1, -0.05) is 0 Å². The average Bonchev–Trinajstić information content (AvgIpc) is 3.00. The molecule has 0 saturated carbocycles. The predicted octanol–water partition coefficient (Wildman–Crippen LogP) is 3.31. The molecule has 2 aromatic rings. The number of furan rings is 1. The number of benzene rings is 1. The Labute approximate surface area is 134 Å². The first-order valence-electron chi connectivity index (χ1n) is 7.22. The van der Waals surface area contributed by atoms with Crippen molar-refractivity contribution in [2.24, 2.45) is 0 Å². The van der Waals surface area contributed by atoms with Crippen LogP contribution in [0.15, 0.2) is 34.9 Å². The SMILES string of the molecule is CCOC(=O)c1coc(-c2ccc(OC)cc2)c1C(=O)OCC. The molecule has 6 heteroatoms. The summed E-state index contributed by atoms with van der Waals surface area (Å²) in [5, 5.41) is 0. The topological polar surface area (TPSA) is 75.0 Å². The van der Waals surface area contributed by atoms with E-state index in [9.17, 15) is 9.59 Å². The van der Waals surface area contributed by atoms with Gasteiger partial charge in [0.05, 0.1) is 20.3 Å². The Bertz CT molecular complexity index is 684. The molecule has 0 bridgehead atoms. The van der Waals surface area contributed by atoms with Crippen molar-refractivity contribution in [3.05, 3.63) is 41.7 Å². The summed E-state index contributed by atoms with van der Waals surface area (Å²) in [4.78, 5) is 24.2. The molecule has 6 nitrogen and oxygen atoms in total. The summed E-state index contributed by atoms with van der Waals surface area (Å²) in [6, 6.07) is 6.93. The van der Waals surface area contributed by atoms with Gasteiger partial charge in [0.2, 0.25) is 0 Å². The lowest BCUT2D eigenvalue weighted by Gasteiger charge is -2.06. The van der Waals surface area contributed by atoms with Gasteiger partial charge < -0.3 is 18.6 Å². The molecule has 0 spiro atoms. The highest BCUT2D eigenvalue weighted by Crippen LogP contribution is 2.30. The van der Waals surface area contributed by atoms with Crippen molar-refractivity contribution in [1.82, 2.24) is 0 Å². The molecule has 0 saturated heterocycles. The minimum Gasteiger partial charge on any atom is -0.497 e. The van der Waals surface area contributed by atoms with Crippen LogP contribution in [0, 0.1) is 0 Å². The van der Waals surface area contributed by atoms with E-state index in [-0.39, 0.29) is 30.1 Å². The summed E-state index contributed by atoms with van der Waals surface area (Å²) in [5.41, 5.74) is 0.746. The van der Waals surface area contributed by atoms with E-state index in [1.807, 2.05) is 0 Å². The zero-order valence-electron chi connectivity index (χ0n) is 13.3. The highest BCUT2D eigenvalue weighted by molar-refractivity contribution is 6.07. The molecule has 122 valence electrons. The number of hydrogen-bond acceptors (Lipinski definition) is 6. The fraction of sp³-hybridized carbons (Fsp3) is 0.294. The van der Waals surface area contributed by atoms with Crippen LogP contribution in [0.5, 0.6) is 5.75 Å². The second-order valence-corrected chi connectivity index (χ2v) is 4.52. The minimum atomic E-state index is -0.630. The van der Waals surface area contributed by atoms with Gasteiger partial charge in [0.1, 0.15) is 28.9 Å². The van der Waals surface area contributed by atoms with Crippen molar-refractivity contribution < 1.29 is 28.2 Å². The van der Waals surface area contributed by atoms with Crippen LogP contribution in [-0.4, -0.2) is 32.3 Å². The normalized spacial score (nSPS) is 10.2. The van der Waals surface area contributed by atoms with Crippen molar-refractivity contribution in [2.75, 3.05) is 20.3 Å². The Kier molecular flexibility index (Phi) is 5.41. The van der Waals surface area contributed by atoms with Gasteiger partial charge in [-0.25, -0.2) is 9.59 Å². The molecule has 23 heavy (non-hydrogen) atoms. The Morgan fingerprint density at radius 2 is 1.61 bits per heavy atom. The van der Waals surface area contributed by atoms with Crippen LogP contribution in [0.2, 0.25) is 0 Å². The number of rotatable bonds is 6. The Balaban J connectivity index is 2.49. The van der Waals surface area contributed by atoms with Crippen LogP contribution in [0.4, 0.5) is 0 Å². The molecule has 0 aliphatic carbocycles. The molecule has 2 rings (SSSR count). The van der Waals surface area contributed by atoms with Gasteiger partial charge in [0.25, 0.3) is 0 Å². The maximum Gasteiger partial charge on any atom is 0.342 e. The van der Waals surface area contributed by atoms with Crippen LogP contribution in [0.1, 0.15) is 34.6 Å². The summed E-state index contributed by atoms with van der Waals surface area (Å²) in [5.74, 6) is -0.327. The maximum atomic E-state index is 12.2. The van der Waals surface area contributed by atoms with E-state index in [4.69, 9.17) is 18.6 Å². The maximum absolute atomic E-state index is 12.2. The molecule has 0 aliphatic rings. The smallest absolute Gasteiger partial charge is 0.342 e. The van der Waals surface area contributed by atoms with Gasteiger partial charge in [-0.2, -0.15) is 0 Å². The lowest BCUT2D eigenvalue weighted by Crippen LogP contribution is -2.12. The Morgan fingerprint density at radius 1 is 1.00 bits per heavy atom. The van der Waals surface area contributed by atoms with Crippen molar-refractivity contribution in [1.29, 1.82) is 0 Å². The zero-order chi connectivity index (χ0) is 16.8. The molecular weight excluding hydrogens is 300 g/mol. The van der Waals surface area contributed by atoms with Gasteiger partial charge in [-0.05, 0) is 38.1 Å². The van der Waals surface area contributed by atoms with Crippen LogP contribution in [0.25, 0.3) is 11.3 Å². The quantitative estimate of drug-likeness (QED) is 0.761. The van der Waals surface area contributed by atoms with Crippen LogP contribution < -0.4 is 4.74 Å². The first-order chi connectivity index (χ1) is 11.1. The van der Waals surface area contributed by atoms with Gasteiger partial charge in [-0.3, -0.25) is 0 Å². The third-order valence-electron chi connectivity index (χ3n) is 3.12. The molecular formula is C17H18O6. The van der Waals surface area contributed by atoms with Gasteiger partial charge in [-0.15, -0.1) is 0 Å². The third kappa shape index (κ3) is 3.53. The predicted molar refractivity (Wildman–Crippen MR) is 82.6 cm³/mol. The second kappa shape index (κ2) is 7.49. The summed E-state index contributed by atoms with van der Waals surface area (Å²) in [6.45, 7) is 3.76. The van der Waals surface area contributed by atoms with Gasteiger partial charge in [0, 0.05) is 5.56 Å². The highest BCUT2D eigenvalue weighted by Gasteiger charge is 2.28. The van der Waals surface area contributed by atoms with Gasteiger partial charge in [0.15, 0.2) is 0 Å². The molecule has 1 aromatic heterocycles. The average molecular weight is 318 g/mol. The van der Waals surface area contributed by atoms with E-state index in [1.54, 1.807) is 45.2 Å². The van der Waals surface area contributed by atoms with Crippen molar-refractivity contribution in [3.63, 3.8) is 0 Å². The Hall–Kier alpha value is -2.76. The third-order valence-corrected chi connectivity index (χ3v) is 3.12. The fourth-order valence-corrected chi connectivity index (χ4v) is 2.08. The largest absolute Gasteiger partial charge is 0.497 e. The highest BCUT2D eigenvalue weighted by atomic mass is 16.5. The van der Waals surface area contributed by atoms with E-state index in [1.165, 1.54) is 6.26 Å². The molecule has 0 amide bonds. The monoisotopic (exact) mass is 318 g/mol. The summed E-state index contributed by atoms with van der Waals surface area (Å²) >= 11 is 0. The second-order valence-electron chi connectivity index (χ2n) is 4.52. The number of hydrogen-bond donors (Lipinski definition) is 0. The number of ether oxygens (including phenoxy) is 3. The lowest BCUT2D eigenvalue weighted by molar-refractivity contribution is 0.0481. The molecule has 1 aromatic carbocycles. The van der Waals surface area contributed by atoms with Crippen molar-refractivity contribution in [2.45, 2.75) is 13.8 Å². The van der Waals surface area contributed by atoms with E-state index in [0.29, 0.717) is 11.3 Å². The number of esters is 2. The lowest BCUT2D eigenvalue weighted by atomic mass is 10.1.